The molecule has 0 saturated carbocycles. The normalized spacial score (nSPS) is 19.5. The average Bonchev–Trinajstić information content (AvgIpc) is 3.15. The molecule has 3 heteroatoms. The number of ether oxygens (including phenoxy) is 2. The zero-order valence-corrected chi connectivity index (χ0v) is 32.3. The Labute approximate surface area is 307 Å². The second kappa shape index (κ2) is 27.4. The van der Waals surface area contributed by atoms with E-state index in [1.54, 1.807) is 0 Å². The average molecular weight is 691 g/mol. The first-order valence-corrected chi connectivity index (χ1v) is 22.3. The van der Waals surface area contributed by atoms with Crippen molar-refractivity contribution in [2.24, 2.45) is 0 Å². The highest BCUT2D eigenvalue weighted by molar-refractivity contribution is 8.00. The Morgan fingerprint density at radius 1 is 0.449 bits per heavy atom. The molecule has 0 radical (unpaired) electrons. The third kappa shape index (κ3) is 19.8. The second-order valence-electron chi connectivity index (χ2n) is 15.5. The lowest BCUT2D eigenvalue weighted by Gasteiger charge is -2.24. The molecule has 2 fully saturated rings. The van der Waals surface area contributed by atoms with E-state index in [9.17, 15) is 0 Å². The number of rotatable bonds is 28. The van der Waals surface area contributed by atoms with Crippen LogP contribution in [-0.4, -0.2) is 35.9 Å². The fourth-order valence-corrected chi connectivity index (χ4v) is 9.92. The molecule has 2 aromatic carbocycles. The van der Waals surface area contributed by atoms with E-state index in [0.717, 1.165) is 23.7 Å². The van der Waals surface area contributed by atoms with Gasteiger partial charge in [0.2, 0.25) is 0 Å². The van der Waals surface area contributed by atoms with Gasteiger partial charge in [0.05, 0.1) is 12.2 Å². The van der Waals surface area contributed by atoms with Gasteiger partial charge in [0.1, 0.15) is 0 Å². The van der Waals surface area contributed by atoms with E-state index in [-0.39, 0.29) is 0 Å². The molecule has 2 heterocycles. The number of aryl methyl sites for hydroxylation is 2. The van der Waals surface area contributed by atoms with Crippen LogP contribution in [0.1, 0.15) is 178 Å². The van der Waals surface area contributed by atoms with Crippen LogP contribution in [0, 0.1) is 0 Å². The molecule has 4 unspecified atom stereocenters. The van der Waals surface area contributed by atoms with Crippen LogP contribution >= 0.6 is 11.8 Å². The van der Waals surface area contributed by atoms with Crippen molar-refractivity contribution in [1.29, 1.82) is 0 Å². The molecule has 276 valence electrons. The molecule has 2 aromatic rings. The largest absolute Gasteiger partial charge is 0.378 e. The van der Waals surface area contributed by atoms with Crippen LogP contribution in [0.3, 0.4) is 0 Å². The van der Waals surface area contributed by atoms with Crippen molar-refractivity contribution in [1.82, 2.24) is 0 Å². The van der Waals surface area contributed by atoms with E-state index in [2.05, 4.69) is 72.4 Å². The summed E-state index contributed by atoms with van der Waals surface area (Å²) in [7, 11) is 0. The van der Waals surface area contributed by atoms with Gasteiger partial charge in [-0.15, -0.1) is 0 Å². The molecule has 0 aromatic heterocycles. The monoisotopic (exact) mass is 691 g/mol. The Kier molecular flexibility index (Phi) is 22.6. The molecule has 2 aliphatic rings. The Morgan fingerprint density at radius 2 is 0.837 bits per heavy atom. The number of benzene rings is 2. The van der Waals surface area contributed by atoms with E-state index in [0.29, 0.717) is 12.2 Å². The Morgan fingerprint density at radius 3 is 1.24 bits per heavy atom. The summed E-state index contributed by atoms with van der Waals surface area (Å²) < 4.78 is 11.9. The highest BCUT2D eigenvalue weighted by Crippen LogP contribution is 2.33. The third-order valence-electron chi connectivity index (χ3n) is 11.2. The first kappa shape index (κ1) is 40.5. The van der Waals surface area contributed by atoms with E-state index >= 15 is 0 Å². The molecule has 49 heavy (non-hydrogen) atoms. The van der Waals surface area contributed by atoms with Crippen LogP contribution in [0.15, 0.2) is 60.7 Å². The third-order valence-corrected chi connectivity index (χ3v) is 12.9. The fraction of sp³-hybridized carbons (Fsp3) is 0.739. The molecule has 0 aliphatic carbocycles. The summed E-state index contributed by atoms with van der Waals surface area (Å²) >= 11 is 2.41. The topological polar surface area (TPSA) is 18.5 Å². The van der Waals surface area contributed by atoms with Crippen molar-refractivity contribution in [2.45, 2.75) is 202 Å². The first-order valence-electron chi connectivity index (χ1n) is 21.3. The van der Waals surface area contributed by atoms with E-state index in [1.165, 1.54) is 191 Å². The van der Waals surface area contributed by atoms with Crippen LogP contribution < -0.4 is 0 Å². The lowest BCUT2D eigenvalue weighted by molar-refractivity contribution is 0.00964. The minimum Gasteiger partial charge on any atom is -0.378 e. The van der Waals surface area contributed by atoms with Gasteiger partial charge in [-0.25, -0.2) is 0 Å². The summed E-state index contributed by atoms with van der Waals surface area (Å²) in [5, 5.41) is 1.63. The van der Waals surface area contributed by atoms with E-state index < -0.39 is 0 Å². The molecule has 0 bridgehead atoms. The molecule has 4 atom stereocenters. The van der Waals surface area contributed by atoms with Gasteiger partial charge in [-0.2, -0.15) is 11.8 Å². The van der Waals surface area contributed by atoms with Gasteiger partial charge >= 0.3 is 0 Å². The zero-order valence-electron chi connectivity index (χ0n) is 31.5. The van der Waals surface area contributed by atoms with E-state index in [4.69, 9.17) is 9.47 Å². The highest BCUT2D eigenvalue weighted by atomic mass is 32.2. The molecule has 0 spiro atoms. The van der Waals surface area contributed by atoms with Crippen molar-refractivity contribution in [2.75, 3.05) is 13.2 Å². The van der Waals surface area contributed by atoms with E-state index in [1.807, 2.05) is 0 Å². The lowest BCUT2D eigenvalue weighted by atomic mass is 10.0. The maximum Gasteiger partial charge on any atom is 0.0575 e. The number of hydrogen-bond acceptors (Lipinski definition) is 3. The van der Waals surface area contributed by atoms with Crippen molar-refractivity contribution < 1.29 is 9.47 Å². The lowest BCUT2D eigenvalue weighted by Crippen LogP contribution is -2.18. The molecule has 0 amide bonds. The van der Waals surface area contributed by atoms with Gasteiger partial charge in [0, 0.05) is 23.7 Å². The SMILES string of the molecule is c1ccc(CCCC(CCCCCCCCC2CCCCO2)SC(CCCCCCCCC2CCCCO2)CCCc2ccccc2)cc1. The standard InChI is InChI=1S/C46H74O2S/c1(5-15-31-43-33-19-21-39-47-43)3-7-17-35-45(37-23-29-41-25-11-9-12-26-41)49-46(38-24-30-42-27-13-10-14-28-42)36-18-8-4-2-6-16-32-44-34-20-22-40-48-44/h9-14,25-28,43-46H,1-8,15-24,29-40H2. The molecule has 2 saturated heterocycles. The Bertz CT molecular complexity index is 919. The van der Waals surface area contributed by atoms with Gasteiger partial charge in [0.15, 0.2) is 0 Å². The molecule has 2 aliphatic heterocycles. The quantitative estimate of drug-likeness (QED) is 0.0828. The van der Waals surface area contributed by atoms with Gasteiger partial charge in [-0.05, 0) is 114 Å². The van der Waals surface area contributed by atoms with Crippen molar-refractivity contribution in [3.05, 3.63) is 71.8 Å². The van der Waals surface area contributed by atoms with Gasteiger partial charge in [-0.1, -0.05) is 138 Å². The number of unbranched alkanes of at least 4 members (excludes halogenated alkanes) is 10. The zero-order chi connectivity index (χ0) is 33.9. The smallest absolute Gasteiger partial charge is 0.0575 e. The predicted octanol–water partition coefficient (Wildman–Crippen LogP) is 13.9. The number of thioether (sulfide) groups is 1. The van der Waals surface area contributed by atoms with Crippen molar-refractivity contribution in [3.63, 3.8) is 0 Å². The summed E-state index contributed by atoms with van der Waals surface area (Å²) in [4.78, 5) is 0. The maximum absolute atomic E-state index is 5.95. The van der Waals surface area contributed by atoms with Crippen LogP contribution in [0.4, 0.5) is 0 Å². The van der Waals surface area contributed by atoms with Crippen LogP contribution in [0.2, 0.25) is 0 Å². The van der Waals surface area contributed by atoms with Gasteiger partial charge in [-0.3, -0.25) is 0 Å². The van der Waals surface area contributed by atoms with Crippen LogP contribution in [-0.2, 0) is 22.3 Å². The summed E-state index contributed by atoms with van der Waals surface area (Å²) in [5.41, 5.74) is 3.02. The number of hydrogen-bond donors (Lipinski definition) is 0. The second-order valence-corrected chi connectivity index (χ2v) is 17.1. The van der Waals surface area contributed by atoms with Crippen molar-refractivity contribution in [3.8, 4) is 0 Å². The minimum atomic E-state index is 0.564. The molecule has 2 nitrogen and oxygen atoms in total. The first-order chi connectivity index (χ1) is 24.3. The predicted molar refractivity (Wildman–Crippen MR) is 215 cm³/mol. The summed E-state index contributed by atoms with van der Waals surface area (Å²) in [5.74, 6) is 0. The molecule has 4 rings (SSSR count). The molecule has 0 N–H and O–H groups in total. The minimum absolute atomic E-state index is 0.564. The highest BCUT2D eigenvalue weighted by Gasteiger charge is 2.18. The van der Waals surface area contributed by atoms with Gasteiger partial charge < -0.3 is 9.47 Å². The molecular formula is C46H74O2S. The van der Waals surface area contributed by atoms with Crippen LogP contribution in [0.5, 0.6) is 0 Å². The Balaban J connectivity index is 1.17. The fourth-order valence-electron chi connectivity index (χ4n) is 8.16. The maximum atomic E-state index is 5.95. The van der Waals surface area contributed by atoms with Gasteiger partial charge in [0.25, 0.3) is 0 Å². The van der Waals surface area contributed by atoms with Crippen LogP contribution in [0.25, 0.3) is 0 Å². The van der Waals surface area contributed by atoms with Crippen molar-refractivity contribution >= 4 is 11.8 Å². The summed E-state index contributed by atoms with van der Waals surface area (Å²) in [6.45, 7) is 2.00. The Hall–Kier alpha value is -1.29. The summed E-state index contributed by atoms with van der Waals surface area (Å²) in [6, 6.07) is 22.4. The molecular weight excluding hydrogens is 617 g/mol. The summed E-state index contributed by atoms with van der Waals surface area (Å²) in [6.07, 6.45) is 39.1.